The lowest BCUT2D eigenvalue weighted by Crippen LogP contribution is -2.28. The number of rotatable bonds is 10. The van der Waals surface area contributed by atoms with Gasteiger partial charge < -0.3 is 9.80 Å². The summed E-state index contributed by atoms with van der Waals surface area (Å²) in [6.45, 7) is 0. The summed E-state index contributed by atoms with van der Waals surface area (Å²) in [5, 5.41) is 2.39. The van der Waals surface area contributed by atoms with E-state index in [1.807, 2.05) is 0 Å². The molecular weight excluding hydrogens is 953 g/mol. The van der Waals surface area contributed by atoms with Gasteiger partial charge in [-0.1, -0.05) is 255 Å². The fourth-order valence-corrected chi connectivity index (χ4v) is 13.3. The summed E-state index contributed by atoms with van der Waals surface area (Å²) < 4.78 is 0. The molecule has 0 saturated heterocycles. The van der Waals surface area contributed by atoms with Crippen molar-refractivity contribution in [1.82, 2.24) is 0 Å². The van der Waals surface area contributed by atoms with Crippen molar-refractivity contribution < 1.29 is 0 Å². The van der Waals surface area contributed by atoms with Gasteiger partial charge in [0.2, 0.25) is 0 Å². The average Bonchev–Trinajstić information content (AvgIpc) is 4.07. The zero-order valence-electron chi connectivity index (χ0n) is 43.6. The van der Waals surface area contributed by atoms with E-state index in [1.54, 1.807) is 0 Å². The van der Waals surface area contributed by atoms with E-state index in [0.717, 1.165) is 29.0 Å². The Balaban J connectivity index is 0.860. The van der Waals surface area contributed by atoms with Crippen molar-refractivity contribution in [2.45, 2.75) is 17.9 Å². The van der Waals surface area contributed by atoms with E-state index in [2.05, 4.69) is 319 Å². The molecule has 1 aliphatic heterocycles. The topological polar surface area (TPSA) is 6.48 Å². The van der Waals surface area contributed by atoms with Crippen molar-refractivity contribution >= 4 is 44.8 Å². The molecule has 0 aromatic heterocycles. The highest BCUT2D eigenvalue weighted by atomic mass is 15.2. The highest BCUT2D eigenvalue weighted by Gasteiger charge is 2.46. The van der Waals surface area contributed by atoms with Crippen molar-refractivity contribution in [1.29, 1.82) is 0 Å². The predicted octanol–water partition coefficient (Wildman–Crippen LogP) is 20.2. The Labute approximate surface area is 462 Å². The summed E-state index contributed by atoms with van der Waals surface area (Å²) >= 11 is 0. The molecule has 3 aliphatic rings. The second kappa shape index (κ2) is 19.2. The molecular formula is C77H54N2. The summed E-state index contributed by atoms with van der Waals surface area (Å²) in [6, 6.07) is 108. The third-order valence-electron chi connectivity index (χ3n) is 16.8. The zero-order chi connectivity index (χ0) is 52.3. The van der Waals surface area contributed by atoms with Gasteiger partial charge in [-0.3, -0.25) is 0 Å². The summed E-state index contributed by atoms with van der Waals surface area (Å²) in [5.74, 6) is 0. The Kier molecular flexibility index (Phi) is 11.3. The fourth-order valence-electron chi connectivity index (χ4n) is 13.3. The van der Waals surface area contributed by atoms with E-state index in [-0.39, 0.29) is 6.04 Å². The number of nitrogens with zero attached hydrogens (tertiary/aromatic N) is 2. The SMILES string of the molecule is C1=CCC2C(=C1)c1ccc(-c3ccccc3-c3cccc(N(c4ccc5c(c4)C(c4ccccc4)(c4ccccc4)c4ccccc4-5)c4cccc5ccccc45)c3)cc1N2c1cccc(-c2cccc(-c3ccccc3)c2)c1. The van der Waals surface area contributed by atoms with E-state index < -0.39 is 5.41 Å². The molecule has 15 rings (SSSR count). The van der Waals surface area contributed by atoms with Gasteiger partial charge in [0.05, 0.1) is 17.1 Å². The lowest BCUT2D eigenvalue weighted by Gasteiger charge is -2.35. The second-order valence-electron chi connectivity index (χ2n) is 21.1. The molecule has 0 N–H and O–H groups in total. The largest absolute Gasteiger partial charge is 0.333 e. The van der Waals surface area contributed by atoms with Crippen molar-refractivity contribution in [3.63, 3.8) is 0 Å². The van der Waals surface area contributed by atoms with Crippen LogP contribution in [0, 0.1) is 0 Å². The van der Waals surface area contributed by atoms with Gasteiger partial charge in [0, 0.05) is 33.7 Å². The molecule has 2 nitrogen and oxygen atoms in total. The van der Waals surface area contributed by atoms with Crippen LogP contribution in [0.5, 0.6) is 0 Å². The van der Waals surface area contributed by atoms with Gasteiger partial charge in [-0.05, 0) is 150 Å². The summed E-state index contributed by atoms with van der Waals surface area (Å²) in [7, 11) is 0. The van der Waals surface area contributed by atoms with Crippen LogP contribution in [0.25, 0.3) is 72.0 Å². The average molecular weight is 1010 g/mol. The molecule has 1 atom stereocenters. The van der Waals surface area contributed by atoms with Crippen molar-refractivity contribution in [3.8, 4) is 55.6 Å². The smallest absolute Gasteiger partial charge is 0.0714 e. The maximum Gasteiger partial charge on any atom is 0.0714 e. The van der Waals surface area contributed by atoms with E-state index in [1.165, 1.54) is 106 Å². The van der Waals surface area contributed by atoms with Gasteiger partial charge in [-0.2, -0.15) is 0 Å². The van der Waals surface area contributed by atoms with Crippen LogP contribution in [-0.4, -0.2) is 6.04 Å². The molecule has 12 aromatic rings. The number of hydrogen-bond donors (Lipinski definition) is 0. The normalized spacial score (nSPS) is 14.5. The highest BCUT2D eigenvalue weighted by molar-refractivity contribution is 6.01. The molecule has 2 aliphatic carbocycles. The third kappa shape index (κ3) is 7.71. The van der Waals surface area contributed by atoms with E-state index in [4.69, 9.17) is 0 Å². The Morgan fingerprint density at radius 3 is 1.71 bits per heavy atom. The van der Waals surface area contributed by atoms with E-state index >= 15 is 0 Å². The van der Waals surface area contributed by atoms with Crippen LogP contribution in [0.2, 0.25) is 0 Å². The lowest BCUT2D eigenvalue weighted by atomic mass is 9.67. The molecule has 1 heterocycles. The molecule has 0 saturated carbocycles. The van der Waals surface area contributed by atoms with Crippen molar-refractivity contribution in [2.75, 3.05) is 9.80 Å². The molecule has 0 radical (unpaired) electrons. The monoisotopic (exact) mass is 1010 g/mol. The first-order valence-corrected chi connectivity index (χ1v) is 27.6. The minimum Gasteiger partial charge on any atom is -0.333 e. The Morgan fingerprint density at radius 2 is 0.924 bits per heavy atom. The standard InChI is InChI=1S/C77H54N2/c1-4-22-53(23-5-1)55-26-18-27-56(48-55)57-28-19-35-63(49-57)79-75-42-17-15-40-70(75)71-46-44-59(51-76(71)79)66-37-13-12-36-65(66)58-29-20-34-62(50-58)78(74-43-21-25-54-24-10-11-38-67(54)74)64-45-47-69-68-39-14-16-41-72(68)77(73(69)52-64,60-30-6-2-7-31-60)61-32-8-3-9-33-61/h1-41,43-52,75H,42H2. The second-order valence-corrected chi connectivity index (χ2v) is 21.1. The Morgan fingerprint density at radius 1 is 0.367 bits per heavy atom. The van der Waals surface area contributed by atoms with Crippen LogP contribution in [0.15, 0.2) is 309 Å². The zero-order valence-corrected chi connectivity index (χ0v) is 43.6. The first-order valence-electron chi connectivity index (χ1n) is 27.6. The molecule has 12 aromatic carbocycles. The lowest BCUT2D eigenvalue weighted by molar-refractivity contribution is 0.768. The van der Waals surface area contributed by atoms with E-state index in [9.17, 15) is 0 Å². The number of anilines is 5. The highest BCUT2D eigenvalue weighted by Crippen LogP contribution is 2.58. The summed E-state index contributed by atoms with van der Waals surface area (Å²) in [6.07, 6.45) is 7.81. The molecule has 1 unspecified atom stereocenters. The quantitative estimate of drug-likeness (QED) is 0.135. The third-order valence-corrected chi connectivity index (χ3v) is 16.8. The molecule has 0 spiro atoms. The molecule has 0 bridgehead atoms. The molecule has 2 heteroatoms. The minimum atomic E-state index is -0.538. The summed E-state index contributed by atoms with van der Waals surface area (Å²) in [4.78, 5) is 5.07. The molecule has 79 heavy (non-hydrogen) atoms. The number of hydrogen-bond acceptors (Lipinski definition) is 2. The van der Waals surface area contributed by atoms with Crippen LogP contribution in [0.4, 0.5) is 28.4 Å². The Hall–Kier alpha value is -10.0. The van der Waals surface area contributed by atoms with E-state index in [0.29, 0.717) is 0 Å². The van der Waals surface area contributed by atoms with Crippen LogP contribution in [-0.2, 0) is 5.41 Å². The van der Waals surface area contributed by atoms with Gasteiger partial charge in [0.1, 0.15) is 0 Å². The number of benzene rings is 12. The van der Waals surface area contributed by atoms with Crippen LogP contribution in [0.1, 0.15) is 34.2 Å². The number of fused-ring (bicyclic) bond motifs is 7. The van der Waals surface area contributed by atoms with Crippen LogP contribution in [0.3, 0.4) is 0 Å². The van der Waals surface area contributed by atoms with Gasteiger partial charge in [-0.15, -0.1) is 0 Å². The maximum atomic E-state index is 2.59. The molecule has 372 valence electrons. The first kappa shape index (κ1) is 46.3. The van der Waals surface area contributed by atoms with Crippen molar-refractivity contribution in [2.24, 2.45) is 0 Å². The van der Waals surface area contributed by atoms with Gasteiger partial charge in [0.15, 0.2) is 0 Å². The van der Waals surface area contributed by atoms with Crippen LogP contribution >= 0.6 is 0 Å². The van der Waals surface area contributed by atoms with Crippen molar-refractivity contribution in [3.05, 3.63) is 337 Å². The molecule has 0 amide bonds. The maximum absolute atomic E-state index is 2.59. The predicted molar refractivity (Wildman–Crippen MR) is 332 cm³/mol. The number of allylic oxidation sites excluding steroid dienone is 2. The molecule has 0 fully saturated rings. The van der Waals surface area contributed by atoms with Gasteiger partial charge in [0.25, 0.3) is 0 Å². The minimum absolute atomic E-state index is 0.201. The van der Waals surface area contributed by atoms with Crippen LogP contribution < -0.4 is 9.80 Å². The Bertz CT molecular complexity index is 4310. The van der Waals surface area contributed by atoms with Gasteiger partial charge in [-0.25, -0.2) is 0 Å². The first-order chi connectivity index (χ1) is 39.2. The fraction of sp³-hybridized carbons (Fsp3) is 0.0390. The summed E-state index contributed by atoms with van der Waals surface area (Å²) in [5.41, 5.74) is 25.0. The van der Waals surface area contributed by atoms with Gasteiger partial charge >= 0.3 is 0 Å².